The molecule has 0 spiro atoms. The van der Waals surface area contributed by atoms with Crippen LogP contribution in [-0.2, 0) is 24.3 Å². The molecule has 1 unspecified atom stereocenters. The zero-order valence-corrected chi connectivity index (χ0v) is 13.4. The molecule has 0 saturated carbocycles. The number of sulfonamides is 1. The van der Waals surface area contributed by atoms with Gasteiger partial charge in [-0.2, -0.15) is 0 Å². The minimum Gasteiger partial charge on any atom is -0.381 e. The van der Waals surface area contributed by atoms with E-state index < -0.39 is 15.6 Å². The van der Waals surface area contributed by atoms with Gasteiger partial charge in [-0.25, -0.2) is 12.7 Å². The van der Waals surface area contributed by atoms with Crippen molar-refractivity contribution < 1.29 is 22.7 Å². The molecule has 2 rings (SSSR count). The number of amides is 1. The molecule has 2 fully saturated rings. The van der Waals surface area contributed by atoms with Gasteiger partial charge in [-0.15, -0.1) is 0 Å². The fourth-order valence-electron chi connectivity index (χ4n) is 2.81. The number of ether oxygens (including phenoxy) is 2. The first-order valence-corrected chi connectivity index (χ1v) is 9.07. The van der Waals surface area contributed by atoms with E-state index in [-0.39, 0.29) is 11.8 Å². The fraction of sp³-hybridized carbons (Fsp3) is 0.923. The van der Waals surface area contributed by atoms with Gasteiger partial charge in [-0.05, 0) is 19.3 Å². The van der Waals surface area contributed by atoms with Gasteiger partial charge in [0.25, 0.3) is 0 Å². The number of carbonyl (C=O) groups is 1. The number of hydrogen-bond donors (Lipinski definition) is 1. The quantitative estimate of drug-likeness (QED) is 0.744. The van der Waals surface area contributed by atoms with Crippen molar-refractivity contribution >= 4 is 15.9 Å². The van der Waals surface area contributed by atoms with E-state index >= 15 is 0 Å². The Morgan fingerprint density at radius 1 is 1.43 bits per heavy atom. The zero-order chi connectivity index (χ0) is 15.5. The van der Waals surface area contributed by atoms with Crippen molar-refractivity contribution in [1.29, 1.82) is 0 Å². The molecule has 0 bridgehead atoms. The van der Waals surface area contributed by atoms with E-state index in [0.717, 1.165) is 6.42 Å². The average Bonchev–Trinajstić information content (AvgIpc) is 2.98. The maximum absolute atomic E-state index is 12.0. The fourth-order valence-corrected chi connectivity index (χ4v) is 3.66. The molecule has 2 aliphatic rings. The van der Waals surface area contributed by atoms with Crippen LogP contribution in [0.1, 0.15) is 19.3 Å². The Bertz CT molecular complexity index is 465. The molecule has 1 N–H and O–H groups in total. The number of nitrogens with zero attached hydrogens (tertiary/aromatic N) is 1. The van der Waals surface area contributed by atoms with Gasteiger partial charge < -0.3 is 14.8 Å². The summed E-state index contributed by atoms with van der Waals surface area (Å²) >= 11 is 0. The van der Waals surface area contributed by atoms with E-state index in [1.807, 2.05) is 0 Å². The van der Waals surface area contributed by atoms with Crippen molar-refractivity contribution in [3.05, 3.63) is 0 Å². The number of hydrogen-bond acceptors (Lipinski definition) is 5. The van der Waals surface area contributed by atoms with Crippen LogP contribution in [0.4, 0.5) is 0 Å². The van der Waals surface area contributed by atoms with Gasteiger partial charge in [0.2, 0.25) is 15.9 Å². The van der Waals surface area contributed by atoms with Crippen LogP contribution >= 0.6 is 0 Å². The average molecular weight is 320 g/mol. The maximum atomic E-state index is 12.0. The third-order valence-electron chi connectivity index (χ3n) is 4.42. The molecular formula is C13H24N2O5S. The van der Waals surface area contributed by atoms with Crippen molar-refractivity contribution in [1.82, 2.24) is 9.62 Å². The lowest BCUT2D eigenvalue weighted by Gasteiger charge is -2.40. The molecule has 1 amide bonds. The van der Waals surface area contributed by atoms with E-state index in [2.05, 4.69) is 5.32 Å². The monoisotopic (exact) mass is 320 g/mol. The molecule has 1 atom stereocenters. The highest BCUT2D eigenvalue weighted by Gasteiger charge is 2.38. The van der Waals surface area contributed by atoms with Crippen molar-refractivity contribution in [2.45, 2.75) is 24.9 Å². The summed E-state index contributed by atoms with van der Waals surface area (Å²) in [5.41, 5.74) is -0.476. The van der Waals surface area contributed by atoms with Gasteiger partial charge in [-0.1, -0.05) is 0 Å². The Kier molecular flexibility index (Phi) is 5.24. The molecular weight excluding hydrogens is 296 g/mol. The van der Waals surface area contributed by atoms with E-state index in [1.165, 1.54) is 10.6 Å². The second kappa shape index (κ2) is 6.60. The van der Waals surface area contributed by atoms with Gasteiger partial charge >= 0.3 is 0 Å². The lowest BCUT2D eigenvalue weighted by molar-refractivity contribution is -0.127. The van der Waals surface area contributed by atoms with Crippen LogP contribution < -0.4 is 5.32 Å². The van der Waals surface area contributed by atoms with Crippen molar-refractivity contribution in [3.63, 3.8) is 0 Å². The maximum Gasteiger partial charge on any atom is 0.225 e. The predicted molar refractivity (Wildman–Crippen MR) is 77.3 cm³/mol. The van der Waals surface area contributed by atoms with Gasteiger partial charge in [0.1, 0.15) is 0 Å². The molecule has 0 aromatic heterocycles. The Labute approximate surface area is 126 Å². The molecule has 2 saturated heterocycles. The van der Waals surface area contributed by atoms with E-state index in [0.29, 0.717) is 45.7 Å². The van der Waals surface area contributed by atoms with E-state index in [1.54, 1.807) is 7.11 Å². The minimum atomic E-state index is -3.15. The summed E-state index contributed by atoms with van der Waals surface area (Å²) < 4.78 is 35.3. The largest absolute Gasteiger partial charge is 0.381 e. The van der Waals surface area contributed by atoms with Crippen molar-refractivity contribution in [2.75, 3.05) is 46.2 Å². The lowest BCUT2D eigenvalue weighted by atomic mass is 9.91. The number of rotatable bonds is 5. The Balaban J connectivity index is 1.86. The number of carbonyl (C=O) groups excluding carboxylic acids is 1. The van der Waals surface area contributed by atoms with Crippen LogP contribution in [0.15, 0.2) is 0 Å². The summed E-state index contributed by atoms with van der Waals surface area (Å²) in [7, 11) is -1.54. The molecule has 0 aromatic carbocycles. The number of piperidine rings is 1. The predicted octanol–water partition coefficient (Wildman–Crippen LogP) is -0.420. The summed E-state index contributed by atoms with van der Waals surface area (Å²) in [6, 6.07) is 0. The molecule has 2 heterocycles. The zero-order valence-electron chi connectivity index (χ0n) is 12.6. The molecule has 2 aliphatic heterocycles. The lowest BCUT2D eigenvalue weighted by Crippen LogP contribution is -2.53. The van der Waals surface area contributed by atoms with Gasteiger partial charge in [0.15, 0.2) is 0 Å². The molecule has 7 nitrogen and oxygen atoms in total. The van der Waals surface area contributed by atoms with Crippen LogP contribution in [0.25, 0.3) is 0 Å². The highest BCUT2D eigenvalue weighted by Crippen LogP contribution is 2.26. The normalized spacial score (nSPS) is 26.7. The summed E-state index contributed by atoms with van der Waals surface area (Å²) in [6.07, 6.45) is 3.14. The minimum absolute atomic E-state index is 0.00512. The molecule has 122 valence electrons. The third-order valence-corrected chi connectivity index (χ3v) is 5.72. The van der Waals surface area contributed by atoms with Gasteiger partial charge in [0.05, 0.1) is 24.4 Å². The van der Waals surface area contributed by atoms with Crippen molar-refractivity contribution in [2.24, 2.45) is 5.92 Å². The first-order valence-electron chi connectivity index (χ1n) is 7.22. The smallest absolute Gasteiger partial charge is 0.225 e. The summed E-state index contributed by atoms with van der Waals surface area (Å²) in [5.74, 6) is -0.0792. The molecule has 0 aliphatic carbocycles. The van der Waals surface area contributed by atoms with Crippen LogP contribution in [0.5, 0.6) is 0 Å². The topological polar surface area (TPSA) is 84.9 Å². The second-order valence-electron chi connectivity index (χ2n) is 5.83. The van der Waals surface area contributed by atoms with Crippen LogP contribution in [0.3, 0.4) is 0 Å². The van der Waals surface area contributed by atoms with Crippen molar-refractivity contribution in [3.8, 4) is 0 Å². The summed E-state index contributed by atoms with van der Waals surface area (Å²) in [4.78, 5) is 12.0. The van der Waals surface area contributed by atoms with Crippen LogP contribution in [0, 0.1) is 5.92 Å². The van der Waals surface area contributed by atoms with Gasteiger partial charge in [0, 0.05) is 33.4 Å². The Morgan fingerprint density at radius 3 is 2.57 bits per heavy atom. The number of methoxy groups -OCH3 is 1. The SMILES string of the molecule is COC1(CNC(=O)C2CCOC2)CCN(S(C)(=O)=O)CC1. The Hall–Kier alpha value is -0.700. The molecule has 21 heavy (non-hydrogen) atoms. The number of nitrogens with one attached hydrogen (secondary N) is 1. The third kappa shape index (κ3) is 4.15. The Morgan fingerprint density at radius 2 is 2.10 bits per heavy atom. The summed E-state index contributed by atoms with van der Waals surface area (Å²) in [5, 5.41) is 2.93. The van der Waals surface area contributed by atoms with Gasteiger partial charge in [-0.3, -0.25) is 4.79 Å². The van der Waals surface area contributed by atoms with E-state index in [9.17, 15) is 13.2 Å². The highest BCUT2D eigenvalue weighted by molar-refractivity contribution is 7.88. The first-order chi connectivity index (χ1) is 9.86. The molecule has 0 radical (unpaired) electrons. The summed E-state index contributed by atoms with van der Waals surface area (Å²) in [6.45, 7) is 2.38. The molecule has 8 heteroatoms. The second-order valence-corrected chi connectivity index (χ2v) is 7.81. The van der Waals surface area contributed by atoms with E-state index in [4.69, 9.17) is 9.47 Å². The van der Waals surface area contributed by atoms with Crippen LogP contribution in [-0.4, -0.2) is 70.4 Å². The highest BCUT2D eigenvalue weighted by atomic mass is 32.2. The van der Waals surface area contributed by atoms with Crippen LogP contribution in [0.2, 0.25) is 0 Å². The molecule has 0 aromatic rings. The first kappa shape index (κ1) is 16.7. The standard InChI is InChI=1S/C13H24N2O5S/c1-19-13(4-6-15(7-5-13)21(2,17)18)10-14-12(16)11-3-8-20-9-11/h11H,3-10H2,1-2H3,(H,14,16).